The van der Waals surface area contributed by atoms with Crippen LogP contribution in [-0.2, 0) is 9.63 Å². The Morgan fingerprint density at radius 2 is 1.93 bits per heavy atom. The van der Waals surface area contributed by atoms with Crippen molar-refractivity contribution in [2.75, 3.05) is 11.9 Å². The lowest BCUT2D eigenvalue weighted by molar-refractivity contribution is -0.144. The third-order valence-corrected chi connectivity index (χ3v) is 4.89. The average molecular weight is 450 g/mol. The van der Waals surface area contributed by atoms with Gasteiger partial charge in [-0.05, 0) is 12.0 Å². The Balaban J connectivity index is 2.38. The summed E-state index contributed by atoms with van der Waals surface area (Å²) >= 11 is 3.33. The number of allylic oxidation sites excluding steroid dienone is 1. The van der Waals surface area contributed by atoms with Crippen molar-refractivity contribution in [3.8, 4) is 0 Å². The van der Waals surface area contributed by atoms with E-state index in [9.17, 15) is 22.8 Å². The topological polar surface area (TPSA) is 100 Å². The van der Waals surface area contributed by atoms with Gasteiger partial charge in [0.1, 0.15) is 5.84 Å². The first-order valence-electron chi connectivity index (χ1n) is 7.65. The number of nitrogens with zero attached hydrogens (tertiary/aromatic N) is 1. The number of carbonyl (C=O) groups is 2. The molecule has 146 valence electrons. The van der Waals surface area contributed by atoms with Crippen LogP contribution in [0.4, 0.5) is 18.9 Å². The van der Waals surface area contributed by atoms with Gasteiger partial charge >= 0.3 is 5.97 Å². The van der Waals surface area contributed by atoms with E-state index in [0.29, 0.717) is 6.07 Å². The molecule has 27 heavy (non-hydrogen) atoms. The fourth-order valence-corrected chi connectivity index (χ4v) is 2.73. The van der Waals surface area contributed by atoms with E-state index in [1.807, 2.05) is 6.92 Å². The monoisotopic (exact) mass is 449 g/mol. The van der Waals surface area contributed by atoms with Crippen LogP contribution in [0, 0.1) is 29.3 Å². The van der Waals surface area contributed by atoms with Crippen molar-refractivity contribution in [1.82, 2.24) is 5.48 Å². The minimum atomic E-state index is -1.77. The van der Waals surface area contributed by atoms with Crippen LogP contribution in [0.15, 0.2) is 21.7 Å². The van der Waals surface area contributed by atoms with Crippen LogP contribution in [0.3, 0.4) is 0 Å². The van der Waals surface area contributed by atoms with E-state index in [1.54, 1.807) is 12.4 Å². The average Bonchev–Trinajstić information content (AvgIpc) is 2.61. The fourth-order valence-electron chi connectivity index (χ4n) is 2.23. The normalized spacial score (nSPS) is 19.2. The molecule has 7 nitrogen and oxygen atoms in total. The van der Waals surface area contributed by atoms with E-state index in [0.717, 1.165) is 4.48 Å². The molecule has 1 aliphatic heterocycles. The van der Waals surface area contributed by atoms with Gasteiger partial charge in [0, 0.05) is 16.6 Å². The van der Waals surface area contributed by atoms with Gasteiger partial charge in [-0.25, -0.2) is 28.4 Å². The first kappa shape index (κ1) is 20.9. The lowest BCUT2D eigenvalue weighted by atomic mass is 9.92. The van der Waals surface area contributed by atoms with Crippen molar-refractivity contribution in [3.05, 3.63) is 39.8 Å². The molecule has 1 aromatic rings. The second-order valence-corrected chi connectivity index (χ2v) is 6.67. The maximum Gasteiger partial charge on any atom is 0.332 e. The number of amidine groups is 1. The highest BCUT2D eigenvalue weighted by atomic mass is 79.9. The minimum Gasteiger partial charge on any atom is -0.479 e. The van der Waals surface area contributed by atoms with Gasteiger partial charge < -0.3 is 10.4 Å². The minimum absolute atomic E-state index is 0.0328. The number of nitrogens with one attached hydrogen (secondary N) is 2. The second-order valence-electron chi connectivity index (χ2n) is 5.75. The number of aliphatic imine (C=N–C) groups is 1. The number of hydrogen-bond donors (Lipinski definition) is 3. The Morgan fingerprint density at radius 3 is 2.56 bits per heavy atom. The van der Waals surface area contributed by atoms with Gasteiger partial charge in [-0.2, -0.15) is 0 Å². The Labute approximate surface area is 160 Å². The zero-order chi connectivity index (χ0) is 20.3. The zero-order valence-electron chi connectivity index (χ0n) is 14.1. The first-order valence-corrected chi connectivity index (χ1v) is 8.44. The number of carboxylic acids is 1. The third-order valence-electron chi connectivity index (χ3n) is 3.96. The molecule has 0 saturated carbocycles. The van der Waals surface area contributed by atoms with Crippen molar-refractivity contribution < 1.29 is 32.7 Å². The molecule has 1 heterocycles. The summed E-state index contributed by atoms with van der Waals surface area (Å²) in [5.74, 6) is -7.56. The van der Waals surface area contributed by atoms with E-state index in [4.69, 9.17) is 5.11 Å². The van der Waals surface area contributed by atoms with E-state index in [2.05, 4.69) is 31.1 Å². The lowest BCUT2D eigenvalue weighted by Gasteiger charge is -2.26. The number of rotatable bonds is 5. The lowest BCUT2D eigenvalue weighted by Crippen LogP contribution is -2.32. The molecule has 0 fully saturated rings. The largest absolute Gasteiger partial charge is 0.479 e. The summed E-state index contributed by atoms with van der Waals surface area (Å²) in [6.45, 7) is 2.77. The Morgan fingerprint density at radius 1 is 1.26 bits per heavy atom. The highest BCUT2D eigenvalue weighted by Crippen LogP contribution is 2.32. The van der Waals surface area contributed by atoms with Crippen LogP contribution < -0.4 is 10.8 Å². The van der Waals surface area contributed by atoms with Crippen molar-refractivity contribution in [1.29, 1.82) is 0 Å². The molecule has 3 N–H and O–H groups in total. The van der Waals surface area contributed by atoms with Gasteiger partial charge in [0.15, 0.2) is 24.1 Å². The number of amides is 1. The van der Waals surface area contributed by atoms with Gasteiger partial charge in [0.05, 0.1) is 11.3 Å². The molecule has 0 saturated heterocycles. The van der Waals surface area contributed by atoms with Crippen LogP contribution in [-0.4, -0.2) is 29.4 Å². The van der Waals surface area contributed by atoms with E-state index < -0.39 is 47.2 Å². The van der Waals surface area contributed by atoms with Gasteiger partial charge in [-0.1, -0.05) is 29.8 Å². The second kappa shape index (κ2) is 8.53. The molecule has 2 unspecified atom stereocenters. The summed E-state index contributed by atoms with van der Waals surface area (Å²) < 4.78 is 42.4. The van der Waals surface area contributed by atoms with Gasteiger partial charge in [0.25, 0.3) is 5.91 Å². The molecule has 11 heteroatoms. The molecular formula is C16H15BrF3N3O4. The maximum atomic E-state index is 14.3. The van der Waals surface area contributed by atoms with Gasteiger partial charge in [-0.15, -0.1) is 0 Å². The number of halogens is 4. The number of carboxylic acid groups (broad SMARTS) is 1. The number of carbonyl (C=O) groups excluding carboxylic acids is 1. The summed E-state index contributed by atoms with van der Waals surface area (Å²) in [6.07, 6.45) is 1.47. The summed E-state index contributed by atoms with van der Waals surface area (Å²) in [7, 11) is 0. The molecule has 1 aromatic carbocycles. The Hall–Kier alpha value is -2.40. The summed E-state index contributed by atoms with van der Waals surface area (Å²) in [5, 5.41) is 11.0. The molecule has 0 bridgehead atoms. The van der Waals surface area contributed by atoms with Crippen molar-refractivity contribution in [3.63, 3.8) is 0 Å². The van der Waals surface area contributed by atoms with Crippen molar-refractivity contribution in [2.24, 2.45) is 16.8 Å². The summed E-state index contributed by atoms with van der Waals surface area (Å²) in [4.78, 5) is 31.0. The summed E-state index contributed by atoms with van der Waals surface area (Å²) in [5.41, 5.74) is 0.472. The SMILES string of the molecule is CC1C(Br)=CN=C(Nc2c(C(=O)NOCC(=O)O)cc(F)c(F)c2F)C1C. The fraction of sp³-hybridized carbons (Fsp3) is 0.312. The van der Waals surface area contributed by atoms with Crippen LogP contribution in [0.5, 0.6) is 0 Å². The highest BCUT2D eigenvalue weighted by Gasteiger charge is 2.28. The van der Waals surface area contributed by atoms with Crippen LogP contribution >= 0.6 is 15.9 Å². The molecular weight excluding hydrogens is 435 g/mol. The van der Waals surface area contributed by atoms with E-state index in [1.165, 1.54) is 6.20 Å². The Bertz CT molecular complexity index is 845. The van der Waals surface area contributed by atoms with Gasteiger partial charge in [0.2, 0.25) is 0 Å². The van der Waals surface area contributed by atoms with Crippen molar-refractivity contribution in [2.45, 2.75) is 13.8 Å². The third kappa shape index (κ3) is 4.66. The maximum absolute atomic E-state index is 14.3. The molecule has 2 atom stereocenters. The van der Waals surface area contributed by atoms with E-state index >= 15 is 0 Å². The first-order chi connectivity index (χ1) is 12.6. The zero-order valence-corrected chi connectivity index (χ0v) is 15.7. The standard InChI is InChI=1S/C16H15BrF3N3O4/c1-6-7(2)15(21-4-9(6)17)22-14-8(3-10(18)12(19)13(14)20)16(26)23-27-5-11(24)25/h3-4,6-7H,5H2,1-2H3,(H,21,22)(H,23,26)(H,24,25). The predicted molar refractivity (Wildman–Crippen MR) is 93.8 cm³/mol. The van der Waals surface area contributed by atoms with Crippen LogP contribution in [0.1, 0.15) is 24.2 Å². The highest BCUT2D eigenvalue weighted by molar-refractivity contribution is 9.11. The number of anilines is 1. The molecule has 1 amide bonds. The molecule has 0 aromatic heterocycles. The molecule has 0 aliphatic carbocycles. The number of hydrogen-bond acceptors (Lipinski definition) is 5. The predicted octanol–water partition coefficient (Wildman–Crippen LogP) is 3.18. The number of benzene rings is 1. The Kier molecular flexibility index (Phi) is 6.60. The molecule has 2 rings (SSSR count). The van der Waals surface area contributed by atoms with Crippen LogP contribution in [0.25, 0.3) is 0 Å². The smallest absolute Gasteiger partial charge is 0.332 e. The number of aliphatic carboxylic acids is 1. The van der Waals surface area contributed by atoms with Gasteiger partial charge in [-0.3, -0.25) is 9.63 Å². The van der Waals surface area contributed by atoms with Crippen molar-refractivity contribution >= 4 is 39.3 Å². The quantitative estimate of drug-likeness (QED) is 0.473. The number of hydroxylamine groups is 1. The molecule has 1 aliphatic rings. The molecule has 0 spiro atoms. The molecule has 0 radical (unpaired) electrons. The van der Waals surface area contributed by atoms with Crippen LogP contribution in [0.2, 0.25) is 0 Å². The van der Waals surface area contributed by atoms with E-state index in [-0.39, 0.29) is 17.7 Å². The summed E-state index contributed by atoms with van der Waals surface area (Å²) in [6, 6.07) is 0.476.